The molecular formula is C12H21N5O2. The molecule has 0 bridgehead atoms. The number of aliphatic hydroxyl groups is 1. The van der Waals surface area contributed by atoms with E-state index in [2.05, 4.69) is 20.7 Å². The molecule has 19 heavy (non-hydrogen) atoms. The van der Waals surface area contributed by atoms with Crippen LogP contribution in [0, 0.1) is 6.92 Å². The summed E-state index contributed by atoms with van der Waals surface area (Å²) in [6.45, 7) is 5.21. The van der Waals surface area contributed by atoms with Crippen molar-refractivity contribution in [2.24, 2.45) is 5.84 Å². The predicted octanol–water partition coefficient (Wildman–Crippen LogP) is 0.196. The SMILES string of the molecule is CCc1nc(NN)c(C)c(NCC2(O)CCOC2)n1. The highest BCUT2D eigenvalue weighted by atomic mass is 16.5. The van der Waals surface area contributed by atoms with E-state index in [1.807, 2.05) is 13.8 Å². The van der Waals surface area contributed by atoms with Gasteiger partial charge in [0.25, 0.3) is 0 Å². The van der Waals surface area contributed by atoms with Crippen LogP contribution < -0.4 is 16.6 Å². The molecule has 0 saturated carbocycles. The van der Waals surface area contributed by atoms with Gasteiger partial charge in [-0.05, 0) is 6.92 Å². The van der Waals surface area contributed by atoms with E-state index in [1.165, 1.54) is 0 Å². The van der Waals surface area contributed by atoms with Gasteiger partial charge in [0.15, 0.2) is 0 Å². The second-order valence-electron chi connectivity index (χ2n) is 4.84. The number of nitrogens with two attached hydrogens (primary N) is 1. The molecule has 1 atom stereocenters. The van der Waals surface area contributed by atoms with E-state index in [-0.39, 0.29) is 0 Å². The monoisotopic (exact) mass is 267 g/mol. The van der Waals surface area contributed by atoms with E-state index in [0.29, 0.717) is 43.6 Å². The van der Waals surface area contributed by atoms with Crippen molar-refractivity contribution in [1.29, 1.82) is 0 Å². The summed E-state index contributed by atoms with van der Waals surface area (Å²) in [6, 6.07) is 0. The zero-order valence-corrected chi connectivity index (χ0v) is 11.4. The van der Waals surface area contributed by atoms with Gasteiger partial charge in [-0.3, -0.25) is 0 Å². The smallest absolute Gasteiger partial charge is 0.148 e. The molecule has 0 radical (unpaired) electrons. The number of ether oxygens (including phenoxy) is 1. The lowest BCUT2D eigenvalue weighted by atomic mass is 10.0. The van der Waals surface area contributed by atoms with Crippen LogP contribution in [0.4, 0.5) is 11.6 Å². The minimum absolute atomic E-state index is 0.354. The van der Waals surface area contributed by atoms with Gasteiger partial charge < -0.3 is 20.6 Å². The molecule has 1 aliphatic heterocycles. The number of rotatable bonds is 5. The number of nitrogen functional groups attached to an aromatic ring is 1. The van der Waals surface area contributed by atoms with Crippen LogP contribution >= 0.6 is 0 Å². The normalized spacial score (nSPS) is 22.5. The lowest BCUT2D eigenvalue weighted by Gasteiger charge is -2.22. The van der Waals surface area contributed by atoms with Gasteiger partial charge in [-0.2, -0.15) is 0 Å². The number of nitrogens with one attached hydrogen (secondary N) is 2. The van der Waals surface area contributed by atoms with E-state index >= 15 is 0 Å². The van der Waals surface area contributed by atoms with Gasteiger partial charge in [0.2, 0.25) is 0 Å². The van der Waals surface area contributed by atoms with E-state index in [0.717, 1.165) is 12.0 Å². The average Bonchev–Trinajstić information content (AvgIpc) is 2.85. The van der Waals surface area contributed by atoms with Crippen LogP contribution in [0.5, 0.6) is 0 Å². The molecule has 1 saturated heterocycles. The average molecular weight is 267 g/mol. The van der Waals surface area contributed by atoms with Crippen molar-refractivity contribution in [3.8, 4) is 0 Å². The highest BCUT2D eigenvalue weighted by molar-refractivity contribution is 5.56. The number of anilines is 2. The number of hydrazine groups is 1. The zero-order valence-electron chi connectivity index (χ0n) is 11.4. The van der Waals surface area contributed by atoms with Crippen molar-refractivity contribution in [3.63, 3.8) is 0 Å². The van der Waals surface area contributed by atoms with Crippen molar-refractivity contribution in [3.05, 3.63) is 11.4 Å². The van der Waals surface area contributed by atoms with E-state index in [9.17, 15) is 5.11 Å². The quantitative estimate of drug-likeness (QED) is 0.446. The Morgan fingerprint density at radius 2 is 2.16 bits per heavy atom. The number of hydrogen-bond acceptors (Lipinski definition) is 7. The second-order valence-corrected chi connectivity index (χ2v) is 4.84. The van der Waals surface area contributed by atoms with Crippen molar-refractivity contribution < 1.29 is 9.84 Å². The third-order valence-electron chi connectivity index (χ3n) is 3.31. The summed E-state index contributed by atoms with van der Waals surface area (Å²) < 4.78 is 5.21. The molecule has 0 aromatic carbocycles. The molecule has 1 aromatic rings. The minimum Gasteiger partial charge on any atom is -0.386 e. The predicted molar refractivity (Wildman–Crippen MR) is 72.8 cm³/mol. The Hall–Kier alpha value is -1.44. The molecule has 1 aliphatic rings. The van der Waals surface area contributed by atoms with Crippen LogP contribution in [0.3, 0.4) is 0 Å². The van der Waals surface area contributed by atoms with Crippen molar-refractivity contribution in [2.45, 2.75) is 32.3 Å². The molecule has 1 unspecified atom stereocenters. The summed E-state index contributed by atoms with van der Waals surface area (Å²) >= 11 is 0. The molecule has 7 nitrogen and oxygen atoms in total. The first-order valence-electron chi connectivity index (χ1n) is 6.46. The van der Waals surface area contributed by atoms with Gasteiger partial charge in [0, 0.05) is 31.6 Å². The molecule has 0 spiro atoms. The first-order chi connectivity index (χ1) is 9.08. The second kappa shape index (κ2) is 5.68. The van der Waals surface area contributed by atoms with Crippen LogP contribution in [-0.2, 0) is 11.2 Å². The first kappa shape index (κ1) is 14.0. The summed E-state index contributed by atoms with van der Waals surface area (Å²) in [5.41, 5.74) is 2.59. The van der Waals surface area contributed by atoms with Gasteiger partial charge in [0.05, 0.1) is 6.61 Å². The fourth-order valence-electron chi connectivity index (χ4n) is 2.02. The standard InChI is InChI=1S/C12H21N5O2/c1-3-9-15-10(8(2)11(16-9)17-13)14-6-12(18)4-5-19-7-12/h18H,3-7,13H2,1-2H3,(H2,14,15,16,17). The zero-order chi connectivity index (χ0) is 13.9. The van der Waals surface area contributed by atoms with Crippen LogP contribution in [0.25, 0.3) is 0 Å². The highest BCUT2D eigenvalue weighted by Crippen LogP contribution is 2.22. The molecule has 0 aliphatic carbocycles. The van der Waals surface area contributed by atoms with E-state index in [1.54, 1.807) is 0 Å². The summed E-state index contributed by atoms with van der Waals surface area (Å²) in [6.07, 6.45) is 1.35. The number of nitrogens with zero attached hydrogens (tertiary/aromatic N) is 2. The minimum atomic E-state index is -0.819. The maximum Gasteiger partial charge on any atom is 0.148 e. The topological polar surface area (TPSA) is 105 Å². The van der Waals surface area contributed by atoms with Crippen LogP contribution in [-0.4, -0.2) is 40.4 Å². The Morgan fingerprint density at radius 1 is 1.42 bits per heavy atom. The number of hydrogen-bond donors (Lipinski definition) is 4. The molecule has 2 rings (SSSR count). The Morgan fingerprint density at radius 3 is 2.74 bits per heavy atom. The van der Waals surface area contributed by atoms with Gasteiger partial charge in [-0.1, -0.05) is 6.92 Å². The summed E-state index contributed by atoms with van der Waals surface area (Å²) in [5.74, 6) is 7.45. The first-order valence-corrected chi connectivity index (χ1v) is 6.46. The summed E-state index contributed by atoms with van der Waals surface area (Å²) in [4.78, 5) is 8.71. The molecule has 2 heterocycles. The Bertz CT molecular complexity index is 446. The molecular weight excluding hydrogens is 246 g/mol. The molecule has 1 fully saturated rings. The maximum atomic E-state index is 10.2. The van der Waals surface area contributed by atoms with Gasteiger partial charge in [0.1, 0.15) is 23.1 Å². The Kier molecular flexibility index (Phi) is 4.18. The van der Waals surface area contributed by atoms with Crippen molar-refractivity contribution >= 4 is 11.6 Å². The Labute approximate surface area is 112 Å². The lowest BCUT2D eigenvalue weighted by Crippen LogP contribution is -2.37. The lowest BCUT2D eigenvalue weighted by molar-refractivity contribution is 0.0381. The third-order valence-corrected chi connectivity index (χ3v) is 3.31. The van der Waals surface area contributed by atoms with Crippen LogP contribution in [0.1, 0.15) is 24.7 Å². The number of aryl methyl sites for hydroxylation is 1. The van der Waals surface area contributed by atoms with Crippen LogP contribution in [0.15, 0.2) is 0 Å². The van der Waals surface area contributed by atoms with Crippen molar-refractivity contribution in [2.75, 3.05) is 30.5 Å². The fraction of sp³-hybridized carbons (Fsp3) is 0.667. The largest absolute Gasteiger partial charge is 0.386 e. The summed E-state index contributed by atoms with van der Waals surface area (Å²) in [7, 11) is 0. The molecule has 0 amide bonds. The van der Waals surface area contributed by atoms with E-state index in [4.69, 9.17) is 10.6 Å². The number of aromatic nitrogens is 2. The molecule has 5 N–H and O–H groups in total. The van der Waals surface area contributed by atoms with Crippen molar-refractivity contribution in [1.82, 2.24) is 9.97 Å². The Balaban J connectivity index is 2.14. The van der Waals surface area contributed by atoms with Gasteiger partial charge in [-0.25, -0.2) is 15.8 Å². The van der Waals surface area contributed by atoms with Gasteiger partial charge >= 0.3 is 0 Å². The molecule has 7 heteroatoms. The van der Waals surface area contributed by atoms with Crippen LogP contribution in [0.2, 0.25) is 0 Å². The fourth-order valence-corrected chi connectivity index (χ4v) is 2.02. The van der Waals surface area contributed by atoms with Gasteiger partial charge in [-0.15, -0.1) is 0 Å². The summed E-state index contributed by atoms with van der Waals surface area (Å²) in [5, 5.41) is 13.4. The maximum absolute atomic E-state index is 10.2. The highest BCUT2D eigenvalue weighted by Gasteiger charge is 2.32. The van der Waals surface area contributed by atoms with E-state index < -0.39 is 5.60 Å². The molecule has 106 valence electrons. The third kappa shape index (κ3) is 3.12. The molecule has 1 aromatic heterocycles.